The van der Waals surface area contributed by atoms with Crippen LogP contribution in [0.2, 0.25) is 0 Å². The predicted octanol–water partition coefficient (Wildman–Crippen LogP) is 2.42. The molecule has 0 aliphatic heterocycles. The van der Waals surface area contributed by atoms with Crippen molar-refractivity contribution in [2.75, 3.05) is 7.11 Å². The molecule has 5 heteroatoms. The molecular formula is C13H12F2N2O. The Morgan fingerprint density at radius 2 is 2.06 bits per heavy atom. The van der Waals surface area contributed by atoms with Crippen LogP contribution in [-0.4, -0.2) is 12.1 Å². The van der Waals surface area contributed by atoms with Crippen LogP contribution >= 0.6 is 0 Å². The summed E-state index contributed by atoms with van der Waals surface area (Å²) in [6.07, 6.45) is 2.48. The minimum atomic E-state index is -0.789. The topological polar surface area (TPSA) is 48.1 Å². The van der Waals surface area contributed by atoms with Crippen molar-refractivity contribution in [1.29, 1.82) is 0 Å². The molecule has 0 bridgehead atoms. The van der Waals surface area contributed by atoms with Crippen molar-refractivity contribution in [2.45, 2.75) is 6.04 Å². The van der Waals surface area contributed by atoms with Gasteiger partial charge in [0.15, 0.2) is 11.6 Å². The van der Waals surface area contributed by atoms with Gasteiger partial charge in [-0.3, -0.25) is 4.98 Å². The van der Waals surface area contributed by atoms with Crippen LogP contribution in [0, 0.1) is 11.6 Å². The zero-order valence-electron chi connectivity index (χ0n) is 9.73. The van der Waals surface area contributed by atoms with Crippen molar-refractivity contribution in [1.82, 2.24) is 4.98 Å². The van der Waals surface area contributed by atoms with E-state index < -0.39 is 17.7 Å². The molecule has 1 aromatic carbocycles. The molecule has 3 nitrogen and oxygen atoms in total. The third kappa shape index (κ3) is 2.31. The molecule has 1 heterocycles. The van der Waals surface area contributed by atoms with Crippen LogP contribution in [0.1, 0.15) is 17.2 Å². The van der Waals surface area contributed by atoms with Crippen LogP contribution < -0.4 is 10.5 Å². The number of nitrogens with zero attached hydrogens (tertiary/aromatic N) is 1. The zero-order chi connectivity index (χ0) is 13.1. The van der Waals surface area contributed by atoms with Crippen molar-refractivity contribution in [3.8, 4) is 5.75 Å². The quantitative estimate of drug-likeness (QED) is 0.910. The van der Waals surface area contributed by atoms with Gasteiger partial charge < -0.3 is 10.5 Å². The van der Waals surface area contributed by atoms with E-state index in [4.69, 9.17) is 10.5 Å². The maximum atomic E-state index is 14.0. The Morgan fingerprint density at radius 1 is 1.28 bits per heavy atom. The van der Waals surface area contributed by atoms with Crippen LogP contribution in [0.4, 0.5) is 8.78 Å². The Hall–Kier alpha value is -2.01. The van der Waals surface area contributed by atoms with Crippen molar-refractivity contribution < 1.29 is 13.5 Å². The lowest BCUT2D eigenvalue weighted by Gasteiger charge is -2.14. The van der Waals surface area contributed by atoms with E-state index in [1.165, 1.54) is 31.5 Å². The summed E-state index contributed by atoms with van der Waals surface area (Å²) >= 11 is 0. The summed E-state index contributed by atoms with van der Waals surface area (Å²) in [5.74, 6) is -0.949. The monoisotopic (exact) mass is 250 g/mol. The average molecular weight is 250 g/mol. The summed E-state index contributed by atoms with van der Waals surface area (Å²) < 4.78 is 31.9. The number of halogens is 2. The molecule has 0 radical (unpaired) electrons. The fraction of sp³-hybridized carbons (Fsp3) is 0.154. The zero-order valence-corrected chi connectivity index (χ0v) is 9.73. The lowest BCUT2D eigenvalue weighted by molar-refractivity contribution is 0.383. The number of methoxy groups -OCH3 is 1. The fourth-order valence-electron chi connectivity index (χ4n) is 1.70. The highest BCUT2D eigenvalue weighted by atomic mass is 19.1. The second kappa shape index (κ2) is 5.10. The van der Waals surface area contributed by atoms with Gasteiger partial charge in [-0.05, 0) is 17.7 Å². The third-order valence-corrected chi connectivity index (χ3v) is 2.63. The Bertz CT molecular complexity index is 560. The molecule has 18 heavy (non-hydrogen) atoms. The number of hydrogen-bond donors (Lipinski definition) is 1. The highest BCUT2D eigenvalue weighted by Gasteiger charge is 2.17. The van der Waals surface area contributed by atoms with E-state index in [1.807, 2.05) is 0 Å². The van der Waals surface area contributed by atoms with Gasteiger partial charge in [0.25, 0.3) is 0 Å². The van der Waals surface area contributed by atoms with Crippen molar-refractivity contribution in [3.63, 3.8) is 0 Å². The number of hydrogen-bond acceptors (Lipinski definition) is 3. The van der Waals surface area contributed by atoms with Gasteiger partial charge in [-0.15, -0.1) is 0 Å². The summed E-state index contributed by atoms with van der Waals surface area (Å²) in [4.78, 5) is 3.69. The number of rotatable bonds is 3. The summed E-state index contributed by atoms with van der Waals surface area (Å²) in [7, 11) is 1.37. The van der Waals surface area contributed by atoms with Gasteiger partial charge in [0, 0.05) is 11.8 Å². The molecule has 0 saturated heterocycles. The molecule has 1 unspecified atom stereocenters. The van der Waals surface area contributed by atoms with Gasteiger partial charge in [-0.2, -0.15) is 0 Å². The Balaban J connectivity index is 2.43. The highest BCUT2D eigenvalue weighted by molar-refractivity contribution is 5.37. The lowest BCUT2D eigenvalue weighted by Crippen LogP contribution is -2.14. The SMILES string of the molecule is COc1cccc(C(N)c2cncc(F)c2)c1F. The van der Waals surface area contributed by atoms with Gasteiger partial charge >= 0.3 is 0 Å². The van der Waals surface area contributed by atoms with Crippen molar-refractivity contribution >= 4 is 0 Å². The first-order valence-electron chi connectivity index (χ1n) is 5.32. The van der Waals surface area contributed by atoms with E-state index in [9.17, 15) is 8.78 Å². The number of aromatic nitrogens is 1. The predicted molar refractivity (Wildman–Crippen MR) is 63.2 cm³/mol. The van der Waals surface area contributed by atoms with Crippen LogP contribution in [0.25, 0.3) is 0 Å². The summed E-state index contributed by atoms with van der Waals surface area (Å²) in [5.41, 5.74) is 6.55. The van der Waals surface area contributed by atoms with Crippen LogP contribution in [0.15, 0.2) is 36.7 Å². The van der Waals surface area contributed by atoms with E-state index in [-0.39, 0.29) is 11.3 Å². The summed E-state index contributed by atoms with van der Waals surface area (Å²) in [6, 6.07) is 5.10. The standard InChI is InChI=1S/C13H12F2N2O/c1-18-11-4-2-3-10(12(11)15)13(16)8-5-9(14)7-17-6-8/h2-7,13H,16H2,1H3. The second-order valence-corrected chi connectivity index (χ2v) is 3.78. The molecule has 94 valence electrons. The molecule has 2 aromatic rings. The van der Waals surface area contributed by atoms with Gasteiger partial charge in [0.05, 0.1) is 19.3 Å². The minimum absolute atomic E-state index is 0.104. The smallest absolute Gasteiger partial charge is 0.170 e. The van der Waals surface area contributed by atoms with Crippen molar-refractivity contribution in [2.24, 2.45) is 5.73 Å². The molecule has 2 rings (SSSR count). The normalized spacial score (nSPS) is 12.2. The Kier molecular flexibility index (Phi) is 3.53. The van der Waals surface area contributed by atoms with E-state index in [0.717, 1.165) is 6.20 Å². The van der Waals surface area contributed by atoms with Crippen molar-refractivity contribution in [3.05, 3.63) is 59.4 Å². The molecule has 1 atom stereocenters. The van der Waals surface area contributed by atoms with Crippen LogP contribution in [-0.2, 0) is 0 Å². The van der Waals surface area contributed by atoms with Crippen LogP contribution in [0.3, 0.4) is 0 Å². The molecule has 0 spiro atoms. The van der Waals surface area contributed by atoms with E-state index in [2.05, 4.69) is 4.98 Å². The fourth-order valence-corrected chi connectivity index (χ4v) is 1.70. The van der Waals surface area contributed by atoms with E-state index in [0.29, 0.717) is 5.56 Å². The number of nitrogens with two attached hydrogens (primary N) is 1. The first-order valence-corrected chi connectivity index (χ1v) is 5.32. The lowest BCUT2D eigenvalue weighted by atomic mass is 10.0. The summed E-state index contributed by atoms with van der Waals surface area (Å²) in [5, 5.41) is 0. The van der Waals surface area contributed by atoms with Gasteiger partial charge in [-0.1, -0.05) is 12.1 Å². The Labute approximate surface area is 103 Å². The first-order chi connectivity index (χ1) is 8.63. The van der Waals surface area contributed by atoms with Gasteiger partial charge in [0.1, 0.15) is 5.82 Å². The molecule has 2 N–H and O–H groups in total. The number of pyridine rings is 1. The molecule has 0 amide bonds. The maximum absolute atomic E-state index is 14.0. The minimum Gasteiger partial charge on any atom is -0.494 e. The van der Waals surface area contributed by atoms with Crippen LogP contribution in [0.5, 0.6) is 5.75 Å². The number of benzene rings is 1. The first kappa shape index (κ1) is 12.4. The van der Waals surface area contributed by atoms with E-state index >= 15 is 0 Å². The van der Waals surface area contributed by atoms with E-state index in [1.54, 1.807) is 6.07 Å². The molecule has 0 aliphatic carbocycles. The maximum Gasteiger partial charge on any atom is 0.170 e. The average Bonchev–Trinajstić information content (AvgIpc) is 2.38. The number of ether oxygens (including phenoxy) is 1. The largest absolute Gasteiger partial charge is 0.494 e. The molecule has 1 aromatic heterocycles. The van der Waals surface area contributed by atoms with Gasteiger partial charge in [0.2, 0.25) is 0 Å². The molecule has 0 saturated carbocycles. The third-order valence-electron chi connectivity index (χ3n) is 2.63. The summed E-state index contributed by atoms with van der Waals surface area (Å²) in [6.45, 7) is 0. The van der Waals surface area contributed by atoms with Gasteiger partial charge in [-0.25, -0.2) is 8.78 Å². The second-order valence-electron chi connectivity index (χ2n) is 3.78. The molecule has 0 fully saturated rings. The molecule has 0 aliphatic rings. The highest BCUT2D eigenvalue weighted by Crippen LogP contribution is 2.27. The molecular weight excluding hydrogens is 238 g/mol. The Morgan fingerprint density at radius 3 is 2.72 bits per heavy atom.